The lowest BCUT2D eigenvalue weighted by atomic mass is 10.3. The van der Waals surface area contributed by atoms with Gasteiger partial charge in [0.1, 0.15) is 5.75 Å². The van der Waals surface area contributed by atoms with Gasteiger partial charge in [0.05, 0.1) is 14.2 Å². The molecule has 132 valence electrons. The van der Waals surface area contributed by atoms with Crippen LogP contribution in [0.4, 0.5) is 15.3 Å². The van der Waals surface area contributed by atoms with Crippen molar-refractivity contribution in [2.45, 2.75) is 0 Å². The quantitative estimate of drug-likeness (QED) is 0.844. The Kier molecular flexibility index (Phi) is 6.68. The van der Waals surface area contributed by atoms with Crippen LogP contribution in [0.3, 0.4) is 0 Å². The highest BCUT2D eigenvalue weighted by atomic mass is 16.5. The molecule has 8 heteroatoms. The molecule has 1 aromatic carbocycles. The van der Waals surface area contributed by atoms with Crippen LogP contribution in [-0.4, -0.2) is 75.4 Å². The Hall–Kier alpha value is -2.48. The fourth-order valence-electron chi connectivity index (χ4n) is 2.49. The summed E-state index contributed by atoms with van der Waals surface area (Å²) in [5.41, 5.74) is 0.679. The first-order valence-corrected chi connectivity index (χ1v) is 7.86. The molecule has 0 radical (unpaired) electrons. The van der Waals surface area contributed by atoms with E-state index in [1.54, 1.807) is 24.1 Å². The van der Waals surface area contributed by atoms with Crippen LogP contribution in [0.2, 0.25) is 0 Å². The predicted molar refractivity (Wildman–Crippen MR) is 90.4 cm³/mol. The molecule has 1 aliphatic rings. The zero-order valence-corrected chi connectivity index (χ0v) is 14.1. The van der Waals surface area contributed by atoms with E-state index in [1.165, 1.54) is 7.11 Å². The van der Waals surface area contributed by atoms with Crippen molar-refractivity contribution in [3.63, 3.8) is 0 Å². The van der Waals surface area contributed by atoms with E-state index in [9.17, 15) is 9.59 Å². The molecule has 1 aromatic rings. The van der Waals surface area contributed by atoms with Crippen LogP contribution in [0, 0.1) is 0 Å². The first-order chi connectivity index (χ1) is 11.6. The summed E-state index contributed by atoms with van der Waals surface area (Å²) in [5, 5.41) is 5.59. The Balaban J connectivity index is 1.65. The molecule has 1 aliphatic heterocycles. The van der Waals surface area contributed by atoms with Gasteiger partial charge >= 0.3 is 12.1 Å². The number of ether oxygens (including phenoxy) is 2. The van der Waals surface area contributed by atoms with Crippen LogP contribution in [0.15, 0.2) is 24.3 Å². The van der Waals surface area contributed by atoms with Gasteiger partial charge in [-0.3, -0.25) is 4.90 Å². The molecule has 8 nitrogen and oxygen atoms in total. The Morgan fingerprint density at radius 3 is 2.58 bits per heavy atom. The number of hydrogen-bond donors (Lipinski definition) is 2. The summed E-state index contributed by atoms with van der Waals surface area (Å²) in [7, 11) is 2.97. The van der Waals surface area contributed by atoms with Crippen molar-refractivity contribution >= 4 is 17.8 Å². The van der Waals surface area contributed by atoms with E-state index >= 15 is 0 Å². The third-order valence-corrected chi connectivity index (χ3v) is 3.85. The van der Waals surface area contributed by atoms with Crippen molar-refractivity contribution in [2.75, 3.05) is 58.8 Å². The van der Waals surface area contributed by atoms with E-state index < -0.39 is 0 Å². The Labute approximate surface area is 141 Å². The zero-order valence-electron chi connectivity index (χ0n) is 14.1. The van der Waals surface area contributed by atoms with Gasteiger partial charge in [0.2, 0.25) is 0 Å². The maximum Gasteiger partial charge on any atom is 0.409 e. The zero-order chi connectivity index (χ0) is 17.4. The molecule has 1 fully saturated rings. The monoisotopic (exact) mass is 336 g/mol. The van der Waals surface area contributed by atoms with E-state index in [2.05, 4.69) is 15.5 Å². The van der Waals surface area contributed by atoms with E-state index in [0.29, 0.717) is 31.1 Å². The lowest BCUT2D eigenvalue weighted by Gasteiger charge is -2.33. The van der Waals surface area contributed by atoms with E-state index in [4.69, 9.17) is 9.47 Å². The van der Waals surface area contributed by atoms with Crippen LogP contribution in [0.1, 0.15) is 0 Å². The molecule has 0 spiro atoms. The topological polar surface area (TPSA) is 83.1 Å². The van der Waals surface area contributed by atoms with Crippen LogP contribution in [0.25, 0.3) is 0 Å². The molecule has 24 heavy (non-hydrogen) atoms. The number of anilines is 1. The minimum absolute atomic E-state index is 0.253. The molecule has 1 heterocycles. The Morgan fingerprint density at radius 1 is 1.17 bits per heavy atom. The molecule has 0 atom stereocenters. The fraction of sp³-hybridized carbons (Fsp3) is 0.500. The van der Waals surface area contributed by atoms with Gasteiger partial charge in [-0.1, -0.05) is 6.07 Å². The lowest BCUT2D eigenvalue weighted by Crippen LogP contribution is -2.50. The Bertz CT molecular complexity index is 559. The fourth-order valence-corrected chi connectivity index (χ4v) is 2.49. The third-order valence-electron chi connectivity index (χ3n) is 3.85. The molecular weight excluding hydrogens is 312 g/mol. The minimum atomic E-state index is -0.287. The number of carbonyl (C=O) groups is 2. The predicted octanol–water partition coefficient (Wildman–Crippen LogP) is 1.20. The Morgan fingerprint density at radius 2 is 1.92 bits per heavy atom. The van der Waals surface area contributed by atoms with Crippen molar-refractivity contribution < 1.29 is 19.1 Å². The summed E-state index contributed by atoms with van der Waals surface area (Å²) in [6.07, 6.45) is -0.287. The number of amides is 3. The largest absolute Gasteiger partial charge is 0.497 e. The standard InChI is InChI=1S/C16H24N4O4/c1-23-14-5-3-4-13(12-14)18-15(21)17-6-7-19-8-10-20(11-9-19)16(22)24-2/h3-5,12H,6-11H2,1-2H3,(H2,17,18,21). The molecule has 2 rings (SSSR count). The molecule has 0 aromatic heterocycles. The highest BCUT2D eigenvalue weighted by Crippen LogP contribution is 2.16. The SMILES string of the molecule is COC(=O)N1CCN(CCNC(=O)Nc2cccc(OC)c2)CC1. The average molecular weight is 336 g/mol. The van der Waals surface area contributed by atoms with E-state index in [0.717, 1.165) is 19.6 Å². The second-order valence-corrected chi connectivity index (χ2v) is 5.41. The lowest BCUT2D eigenvalue weighted by molar-refractivity contribution is 0.0916. The van der Waals surface area contributed by atoms with Gasteiger partial charge in [0.25, 0.3) is 0 Å². The van der Waals surface area contributed by atoms with Gasteiger partial charge in [0.15, 0.2) is 0 Å². The highest BCUT2D eigenvalue weighted by Gasteiger charge is 2.20. The van der Waals surface area contributed by atoms with Gasteiger partial charge < -0.3 is 25.0 Å². The normalized spacial score (nSPS) is 14.8. The van der Waals surface area contributed by atoms with Crippen molar-refractivity contribution in [3.05, 3.63) is 24.3 Å². The second-order valence-electron chi connectivity index (χ2n) is 5.41. The number of urea groups is 1. The number of piperazine rings is 1. The van der Waals surface area contributed by atoms with Crippen molar-refractivity contribution in [1.82, 2.24) is 15.1 Å². The highest BCUT2D eigenvalue weighted by molar-refractivity contribution is 5.89. The smallest absolute Gasteiger partial charge is 0.409 e. The van der Waals surface area contributed by atoms with Crippen molar-refractivity contribution in [2.24, 2.45) is 0 Å². The van der Waals surface area contributed by atoms with Gasteiger partial charge in [-0.2, -0.15) is 0 Å². The summed E-state index contributed by atoms with van der Waals surface area (Å²) in [4.78, 5) is 27.2. The van der Waals surface area contributed by atoms with Gasteiger partial charge in [0, 0.05) is 51.0 Å². The van der Waals surface area contributed by atoms with Crippen LogP contribution >= 0.6 is 0 Å². The van der Waals surface area contributed by atoms with Crippen LogP contribution in [0.5, 0.6) is 5.75 Å². The minimum Gasteiger partial charge on any atom is -0.497 e. The van der Waals surface area contributed by atoms with E-state index in [1.807, 2.05) is 12.1 Å². The third kappa shape index (κ3) is 5.31. The van der Waals surface area contributed by atoms with Gasteiger partial charge in [-0.15, -0.1) is 0 Å². The van der Waals surface area contributed by atoms with Crippen molar-refractivity contribution in [1.29, 1.82) is 0 Å². The average Bonchev–Trinajstić information content (AvgIpc) is 2.61. The number of benzene rings is 1. The number of rotatable bonds is 5. The van der Waals surface area contributed by atoms with Gasteiger partial charge in [-0.25, -0.2) is 9.59 Å². The van der Waals surface area contributed by atoms with Crippen LogP contribution in [-0.2, 0) is 4.74 Å². The molecule has 0 saturated carbocycles. The van der Waals surface area contributed by atoms with Crippen LogP contribution < -0.4 is 15.4 Å². The molecular formula is C16H24N4O4. The molecule has 1 saturated heterocycles. The summed E-state index contributed by atoms with van der Waals surface area (Å²) < 4.78 is 9.82. The second kappa shape index (κ2) is 8.97. The molecule has 2 N–H and O–H groups in total. The number of methoxy groups -OCH3 is 2. The first kappa shape index (κ1) is 17.9. The molecule has 0 bridgehead atoms. The van der Waals surface area contributed by atoms with Gasteiger partial charge in [-0.05, 0) is 12.1 Å². The maximum atomic E-state index is 11.9. The maximum absolute atomic E-state index is 11.9. The van der Waals surface area contributed by atoms with Crippen molar-refractivity contribution in [3.8, 4) is 5.75 Å². The summed E-state index contributed by atoms with van der Waals surface area (Å²) in [6, 6.07) is 6.93. The summed E-state index contributed by atoms with van der Waals surface area (Å²) in [5.74, 6) is 0.691. The first-order valence-electron chi connectivity index (χ1n) is 7.86. The molecule has 0 unspecified atom stereocenters. The van der Waals surface area contributed by atoms with E-state index in [-0.39, 0.29) is 12.1 Å². The number of nitrogens with one attached hydrogen (secondary N) is 2. The number of carbonyl (C=O) groups excluding carboxylic acids is 2. The number of nitrogens with zero attached hydrogens (tertiary/aromatic N) is 2. The molecule has 0 aliphatic carbocycles. The molecule has 3 amide bonds. The summed E-state index contributed by atoms with van der Waals surface area (Å²) in [6.45, 7) is 4.10. The summed E-state index contributed by atoms with van der Waals surface area (Å²) >= 11 is 0. The number of hydrogen-bond acceptors (Lipinski definition) is 5.